The predicted octanol–water partition coefficient (Wildman–Crippen LogP) is 1.23. The first-order valence-electron chi connectivity index (χ1n) is 4.92. The van der Waals surface area contributed by atoms with E-state index < -0.39 is 32.3 Å². The summed E-state index contributed by atoms with van der Waals surface area (Å²) in [6.07, 6.45) is 0. The molecular weight excluding hydrogens is 257 g/mol. The first kappa shape index (κ1) is 14.1. The van der Waals surface area contributed by atoms with Crippen molar-refractivity contribution in [1.29, 1.82) is 10.5 Å². The van der Waals surface area contributed by atoms with Crippen LogP contribution in [0.1, 0.15) is 12.5 Å². The highest BCUT2D eigenvalue weighted by atomic mass is 32.2. The van der Waals surface area contributed by atoms with E-state index in [1.807, 2.05) is 0 Å². The number of sulfonamides is 1. The van der Waals surface area contributed by atoms with Crippen molar-refractivity contribution in [3.05, 3.63) is 29.6 Å². The maximum absolute atomic E-state index is 13.4. The van der Waals surface area contributed by atoms with Crippen LogP contribution in [0, 0.1) is 28.5 Å². The van der Waals surface area contributed by atoms with Crippen molar-refractivity contribution in [3.8, 4) is 12.1 Å². The zero-order valence-corrected chi connectivity index (χ0v) is 10.6. The summed E-state index contributed by atoms with van der Waals surface area (Å²) >= 11 is 0. The van der Waals surface area contributed by atoms with E-state index in [0.29, 0.717) is 0 Å². The number of halogens is 1. The number of rotatable bonds is 3. The van der Waals surface area contributed by atoms with E-state index in [9.17, 15) is 12.8 Å². The van der Waals surface area contributed by atoms with Crippen LogP contribution in [0.25, 0.3) is 0 Å². The molecule has 0 bridgehead atoms. The first-order valence-corrected chi connectivity index (χ1v) is 6.36. The lowest BCUT2D eigenvalue weighted by atomic mass is 10.2. The molecule has 0 N–H and O–H groups in total. The van der Waals surface area contributed by atoms with Gasteiger partial charge in [0.1, 0.15) is 28.4 Å². The molecule has 0 fully saturated rings. The van der Waals surface area contributed by atoms with Crippen LogP contribution in [-0.4, -0.2) is 25.8 Å². The van der Waals surface area contributed by atoms with Gasteiger partial charge in [-0.1, -0.05) is 6.07 Å². The van der Waals surface area contributed by atoms with Gasteiger partial charge in [-0.2, -0.15) is 14.8 Å². The fraction of sp³-hybridized carbons (Fsp3) is 0.273. The van der Waals surface area contributed by atoms with E-state index in [1.165, 1.54) is 26.1 Å². The molecular formula is C11H10FN3O2S. The first-order chi connectivity index (χ1) is 8.36. The Balaban J connectivity index is 3.45. The summed E-state index contributed by atoms with van der Waals surface area (Å²) < 4.78 is 38.4. The predicted molar refractivity (Wildman–Crippen MR) is 61.1 cm³/mol. The van der Waals surface area contributed by atoms with E-state index in [4.69, 9.17) is 10.5 Å². The summed E-state index contributed by atoms with van der Waals surface area (Å²) in [5, 5.41) is 17.5. The second-order valence-corrected chi connectivity index (χ2v) is 5.52. The molecule has 94 valence electrons. The fourth-order valence-electron chi connectivity index (χ4n) is 1.27. The number of benzene rings is 1. The highest BCUT2D eigenvalue weighted by Gasteiger charge is 2.28. The van der Waals surface area contributed by atoms with Gasteiger partial charge in [0.25, 0.3) is 0 Å². The fourth-order valence-corrected chi connectivity index (χ4v) is 2.70. The van der Waals surface area contributed by atoms with E-state index in [2.05, 4.69) is 0 Å². The lowest BCUT2D eigenvalue weighted by Gasteiger charge is -2.19. The van der Waals surface area contributed by atoms with Crippen molar-refractivity contribution in [2.45, 2.75) is 17.9 Å². The molecule has 1 aromatic carbocycles. The third-order valence-electron chi connectivity index (χ3n) is 2.48. The van der Waals surface area contributed by atoms with Crippen LogP contribution in [0.3, 0.4) is 0 Å². The Labute approximate surface area is 105 Å². The number of hydrogen-bond donors (Lipinski definition) is 0. The molecule has 18 heavy (non-hydrogen) atoms. The van der Waals surface area contributed by atoms with E-state index >= 15 is 0 Å². The number of hydrogen-bond acceptors (Lipinski definition) is 4. The van der Waals surface area contributed by atoms with Gasteiger partial charge >= 0.3 is 0 Å². The summed E-state index contributed by atoms with van der Waals surface area (Å²) in [6, 6.07) is 5.71. The Morgan fingerprint density at radius 1 is 1.39 bits per heavy atom. The molecule has 1 rings (SSSR count). The van der Waals surface area contributed by atoms with Crippen molar-refractivity contribution >= 4 is 10.0 Å². The van der Waals surface area contributed by atoms with Crippen LogP contribution in [0.4, 0.5) is 4.39 Å². The van der Waals surface area contributed by atoms with Gasteiger partial charge in [0.05, 0.1) is 6.07 Å². The van der Waals surface area contributed by atoms with Crippen LogP contribution in [0.2, 0.25) is 0 Å². The topological polar surface area (TPSA) is 85.0 Å². The van der Waals surface area contributed by atoms with Crippen LogP contribution in [0.15, 0.2) is 23.1 Å². The largest absolute Gasteiger partial charge is 0.245 e. The molecule has 0 spiro atoms. The molecule has 0 aromatic heterocycles. The highest BCUT2D eigenvalue weighted by molar-refractivity contribution is 7.89. The molecule has 0 saturated heterocycles. The van der Waals surface area contributed by atoms with Crippen LogP contribution in [-0.2, 0) is 10.0 Å². The molecule has 0 aliphatic rings. The summed E-state index contributed by atoms with van der Waals surface area (Å²) in [5.74, 6) is -0.906. The number of nitriles is 2. The maximum Gasteiger partial charge on any atom is 0.245 e. The third kappa shape index (κ3) is 2.33. The van der Waals surface area contributed by atoms with Crippen molar-refractivity contribution in [3.63, 3.8) is 0 Å². The zero-order valence-electron chi connectivity index (χ0n) is 9.75. The van der Waals surface area contributed by atoms with Crippen molar-refractivity contribution < 1.29 is 12.8 Å². The van der Waals surface area contributed by atoms with Gasteiger partial charge in [-0.3, -0.25) is 0 Å². The molecule has 1 aromatic rings. The van der Waals surface area contributed by atoms with Crippen LogP contribution < -0.4 is 0 Å². The van der Waals surface area contributed by atoms with Gasteiger partial charge in [0.15, 0.2) is 0 Å². The van der Waals surface area contributed by atoms with Gasteiger partial charge in [0, 0.05) is 7.05 Å². The van der Waals surface area contributed by atoms with E-state index in [-0.39, 0.29) is 0 Å². The Kier molecular flexibility index (Phi) is 4.02. The normalized spacial score (nSPS) is 12.8. The van der Waals surface area contributed by atoms with Crippen molar-refractivity contribution in [2.75, 3.05) is 7.05 Å². The molecule has 0 radical (unpaired) electrons. The molecule has 0 aliphatic heterocycles. The van der Waals surface area contributed by atoms with E-state index in [0.717, 1.165) is 16.4 Å². The Bertz CT molecular complexity index is 643. The van der Waals surface area contributed by atoms with Gasteiger partial charge in [-0.05, 0) is 19.1 Å². The van der Waals surface area contributed by atoms with Gasteiger partial charge in [-0.25, -0.2) is 12.8 Å². The van der Waals surface area contributed by atoms with Crippen molar-refractivity contribution in [1.82, 2.24) is 4.31 Å². The minimum Gasteiger partial charge on any atom is -0.207 e. The van der Waals surface area contributed by atoms with Crippen LogP contribution >= 0.6 is 0 Å². The molecule has 0 aliphatic carbocycles. The maximum atomic E-state index is 13.4. The summed E-state index contributed by atoms with van der Waals surface area (Å²) in [6.45, 7) is 1.39. The molecule has 0 saturated carbocycles. The summed E-state index contributed by atoms with van der Waals surface area (Å²) in [4.78, 5) is -0.436. The molecule has 0 heterocycles. The average Bonchev–Trinajstić information content (AvgIpc) is 2.36. The lowest BCUT2D eigenvalue weighted by Crippen LogP contribution is -2.34. The second-order valence-electron chi connectivity index (χ2n) is 3.55. The third-order valence-corrected chi connectivity index (χ3v) is 4.45. The van der Waals surface area contributed by atoms with Crippen LogP contribution in [0.5, 0.6) is 0 Å². The Morgan fingerprint density at radius 2 is 2.00 bits per heavy atom. The summed E-state index contributed by atoms with van der Waals surface area (Å²) in [5.41, 5.74) is -0.547. The molecule has 1 unspecified atom stereocenters. The SMILES string of the molecule is CC(C#N)N(C)S(=O)(=O)c1cccc(F)c1C#N. The monoisotopic (exact) mass is 267 g/mol. The standard InChI is InChI=1S/C11H10FN3O2S/c1-8(6-13)15(2)18(16,17)11-5-3-4-10(12)9(11)7-14/h3-5,8H,1-2H3. The highest BCUT2D eigenvalue weighted by Crippen LogP contribution is 2.22. The molecule has 1 atom stereocenters. The van der Waals surface area contributed by atoms with E-state index in [1.54, 1.807) is 6.07 Å². The zero-order chi connectivity index (χ0) is 13.9. The average molecular weight is 267 g/mol. The van der Waals surface area contributed by atoms with Gasteiger partial charge in [-0.15, -0.1) is 0 Å². The molecule has 5 nitrogen and oxygen atoms in total. The minimum absolute atomic E-state index is 0.436. The molecule has 7 heteroatoms. The smallest absolute Gasteiger partial charge is 0.207 e. The van der Waals surface area contributed by atoms with Gasteiger partial charge < -0.3 is 0 Å². The Morgan fingerprint density at radius 3 is 2.50 bits per heavy atom. The van der Waals surface area contributed by atoms with Gasteiger partial charge in [0.2, 0.25) is 10.0 Å². The second kappa shape index (κ2) is 5.13. The number of nitrogens with zero attached hydrogens (tertiary/aromatic N) is 3. The summed E-state index contributed by atoms with van der Waals surface area (Å²) in [7, 11) is -2.86. The minimum atomic E-state index is -4.07. The molecule has 0 amide bonds. The van der Waals surface area contributed by atoms with Crippen molar-refractivity contribution in [2.24, 2.45) is 0 Å². The Hall–Kier alpha value is -1.96. The quantitative estimate of drug-likeness (QED) is 0.824. The lowest BCUT2D eigenvalue weighted by molar-refractivity contribution is 0.441.